The maximum Gasteiger partial charge on any atom is 0.309 e. The van der Waals surface area contributed by atoms with Gasteiger partial charge in [-0.15, -0.1) is 0 Å². The summed E-state index contributed by atoms with van der Waals surface area (Å²) >= 11 is 0. The van der Waals surface area contributed by atoms with Gasteiger partial charge in [0.1, 0.15) is 5.75 Å². The molecule has 0 aliphatic rings. The SMILES string of the molecule is CCCC(C)COC(=O)CCOc1ccc(N)cc1. The second kappa shape index (κ2) is 8.40. The summed E-state index contributed by atoms with van der Waals surface area (Å²) in [5.41, 5.74) is 6.26. The third-order valence-corrected chi connectivity index (χ3v) is 2.77. The zero-order chi connectivity index (χ0) is 14.1. The molecule has 0 spiro atoms. The molecule has 1 rings (SSSR count). The Hall–Kier alpha value is -1.71. The number of hydrogen-bond acceptors (Lipinski definition) is 4. The molecule has 0 aromatic heterocycles. The van der Waals surface area contributed by atoms with E-state index in [2.05, 4.69) is 13.8 Å². The highest BCUT2D eigenvalue weighted by atomic mass is 16.5. The minimum atomic E-state index is -0.210. The molecular formula is C15H23NO3. The zero-order valence-electron chi connectivity index (χ0n) is 11.7. The van der Waals surface area contributed by atoms with Gasteiger partial charge in [0.2, 0.25) is 0 Å². The van der Waals surface area contributed by atoms with Gasteiger partial charge in [-0.1, -0.05) is 20.3 Å². The summed E-state index contributed by atoms with van der Waals surface area (Å²) in [5, 5.41) is 0. The second-order valence-corrected chi connectivity index (χ2v) is 4.74. The standard InChI is InChI=1S/C15H23NO3/c1-3-4-12(2)11-19-15(17)9-10-18-14-7-5-13(16)6-8-14/h5-8,12H,3-4,9-11,16H2,1-2H3. The summed E-state index contributed by atoms with van der Waals surface area (Å²) in [6.07, 6.45) is 2.46. The van der Waals surface area contributed by atoms with Crippen LogP contribution in [0, 0.1) is 5.92 Å². The van der Waals surface area contributed by atoms with E-state index in [1.54, 1.807) is 24.3 Å². The first-order chi connectivity index (χ1) is 9.11. The molecular weight excluding hydrogens is 242 g/mol. The monoisotopic (exact) mass is 265 g/mol. The molecule has 0 saturated heterocycles. The third kappa shape index (κ3) is 6.70. The van der Waals surface area contributed by atoms with Crippen LogP contribution >= 0.6 is 0 Å². The third-order valence-electron chi connectivity index (χ3n) is 2.77. The molecule has 4 nitrogen and oxygen atoms in total. The Balaban J connectivity index is 2.15. The summed E-state index contributed by atoms with van der Waals surface area (Å²) in [5.74, 6) is 0.923. The van der Waals surface area contributed by atoms with Gasteiger partial charge in [0.05, 0.1) is 19.6 Å². The fraction of sp³-hybridized carbons (Fsp3) is 0.533. The fourth-order valence-electron chi connectivity index (χ4n) is 1.70. The van der Waals surface area contributed by atoms with Crippen LogP contribution in [0.15, 0.2) is 24.3 Å². The van der Waals surface area contributed by atoms with E-state index >= 15 is 0 Å². The first kappa shape index (κ1) is 15.3. The molecule has 0 amide bonds. The minimum absolute atomic E-state index is 0.210. The maximum atomic E-state index is 11.5. The number of nitrogens with two attached hydrogens (primary N) is 1. The van der Waals surface area contributed by atoms with Crippen LogP contribution in [-0.4, -0.2) is 19.2 Å². The molecule has 106 valence electrons. The van der Waals surface area contributed by atoms with Crippen molar-refractivity contribution in [2.24, 2.45) is 5.92 Å². The Bertz CT molecular complexity index is 375. The predicted octanol–water partition coefficient (Wildman–Crippen LogP) is 3.02. The lowest BCUT2D eigenvalue weighted by molar-refractivity contribution is -0.145. The molecule has 0 radical (unpaired) electrons. The molecule has 2 N–H and O–H groups in total. The van der Waals surface area contributed by atoms with Gasteiger partial charge in [-0.05, 0) is 36.6 Å². The number of nitrogen functional groups attached to an aromatic ring is 1. The first-order valence-electron chi connectivity index (χ1n) is 6.75. The number of rotatable bonds is 8. The Kier molecular flexibility index (Phi) is 6.79. The highest BCUT2D eigenvalue weighted by molar-refractivity contribution is 5.69. The molecule has 1 aromatic carbocycles. The van der Waals surface area contributed by atoms with Crippen LogP contribution < -0.4 is 10.5 Å². The number of carbonyl (C=O) groups excluding carboxylic acids is 1. The van der Waals surface area contributed by atoms with Crippen LogP contribution in [0.2, 0.25) is 0 Å². The van der Waals surface area contributed by atoms with E-state index in [-0.39, 0.29) is 12.4 Å². The van der Waals surface area contributed by atoms with E-state index in [9.17, 15) is 4.79 Å². The van der Waals surface area contributed by atoms with Crippen LogP contribution in [-0.2, 0) is 9.53 Å². The van der Waals surface area contributed by atoms with Gasteiger partial charge in [-0.25, -0.2) is 0 Å². The number of hydrogen-bond donors (Lipinski definition) is 1. The minimum Gasteiger partial charge on any atom is -0.493 e. The normalized spacial score (nSPS) is 11.9. The molecule has 0 heterocycles. The molecule has 0 aliphatic heterocycles. The number of anilines is 1. The Morgan fingerprint density at radius 3 is 2.63 bits per heavy atom. The van der Waals surface area contributed by atoms with E-state index in [1.807, 2.05) is 0 Å². The summed E-state index contributed by atoms with van der Waals surface area (Å²) in [6, 6.07) is 7.09. The summed E-state index contributed by atoms with van der Waals surface area (Å²) < 4.78 is 10.6. The maximum absolute atomic E-state index is 11.5. The topological polar surface area (TPSA) is 61.5 Å². The first-order valence-corrected chi connectivity index (χ1v) is 6.75. The Morgan fingerprint density at radius 2 is 2.00 bits per heavy atom. The fourth-order valence-corrected chi connectivity index (χ4v) is 1.70. The number of esters is 1. The van der Waals surface area contributed by atoms with Crippen LogP contribution in [0.3, 0.4) is 0 Å². The van der Waals surface area contributed by atoms with E-state index in [1.165, 1.54) is 0 Å². The van der Waals surface area contributed by atoms with Crippen molar-refractivity contribution in [2.75, 3.05) is 18.9 Å². The lowest BCUT2D eigenvalue weighted by atomic mass is 10.1. The van der Waals surface area contributed by atoms with Crippen LogP contribution in [0.25, 0.3) is 0 Å². The van der Waals surface area contributed by atoms with Gasteiger partial charge < -0.3 is 15.2 Å². The van der Waals surface area contributed by atoms with Gasteiger partial charge in [0.15, 0.2) is 0 Å². The molecule has 4 heteroatoms. The predicted molar refractivity (Wildman–Crippen MR) is 76.0 cm³/mol. The van der Waals surface area contributed by atoms with Gasteiger partial charge in [0.25, 0.3) is 0 Å². The van der Waals surface area contributed by atoms with Crippen LogP contribution in [0.5, 0.6) is 5.75 Å². The van der Waals surface area contributed by atoms with Crippen molar-refractivity contribution in [2.45, 2.75) is 33.1 Å². The summed E-state index contributed by atoms with van der Waals surface area (Å²) in [6.45, 7) is 5.03. The quantitative estimate of drug-likeness (QED) is 0.579. The van der Waals surface area contributed by atoms with E-state index in [0.29, 0.717) is 30.6 Å². The Morgan fingerprint density at radius 1 is 1.32 bits per heavy atom. The molecule has 0 fully saturated rings. The van der Waals surface area contributed by atoms with Crippen molar-refractivity contribution in [3.63, 3.8) is 0 Å². The molecule has 0 bridgehead atoms. The molecule has 1 aromatic rings. The van der Waals surface area contributed by atoms with Crippen molar-refractivity contribution in [3.8, 4) is 5.75 Å². The smallest absolute Gasteiger partial charge is 0.309 e. The average molecular weight is 265 g/mol. The van der Waals surface area contributed by atoms with E-state index < -0.39 is 0 Å². The molecule has 1 unspecified atom stereocenters. The largest absolute Gasteiger partial charge is 0.493 e. The van der Waals surface area contributed by atoms with Crippen molar-refractivity contribution in [3.05, 3.63) is 24.3 Å². The number of ether oxygens (including phenoxy) is 2. The lowest BCUT2D eigenvalue weighted by Crippen LogP contribution is -2.14. The highest BCUT2D eigenvalue weighted by Gasteiger charge is 2.07. The van der Waals surface area contributed by atoms with Crippen molar-refractivity contribution in [1.82, 2.24) is 0 Å². The van der Waals surface area contributed by atoms with E-state index in [0.717, 1.165) is 12.8 Å². The van der Waals surface area contributed by atoms with E-state index in [4.69, 9.17) is 15.2 Å². The summed E-state index contributed by atoms with van der Waals surface area (Å²) in [4.78, 5) is 11.5. The molecule has 19 heavy (non-hydrogen) atoms. The molecule has 1 atom stereocenters. The zero-order valence-corrected chi connectivity index (χ0v) is 11.7. The Labute approximate surface area is 114 Å². The van der Waals surface area contributed by atoms with Crippen molar-refractivity contribution in [1.29, 1.82) is 0 Å². The van der Waals surface area contributed by atoms with Crippen LogP contribution in [0.4, 0.5) is 5.69 Å². The molecule has 0 aliphatic carbocycles. The number of carbonyl (C=O) groups is 1. The van der Waals surface area contributed by atoms with Gasteiger partial charge >= 0.3 is 5.97 Å². The highest BCUT2D eigenvalue weighted by Crippen LogP contribution is 2.13. The van der Waals surface area contributed by atoms with Crippen molar-refractivity contribution >= 4 is 11.7 Å². The van der Waals surface area contributed by atoms with Gasteiger partial charge in [-0.2, -0.15) is 0 Å². The summed E-state index contributed by atoms with van der Waals surface area (Å²) in [7, 11) is 0. The van der Waals surface area contributed by atoms with Crippen LogP contribution in [0.1, 0.15) is 33.1 Å². The average Bonchev–Trinajstić information content (AvgIpc) is 2.39. The lowest BCUT2D eigenvalue weighted by Gasteiger charge is -2.11. The second-order valence-electron chi connectivity index (χ2n) is 4.74. The van der Waals surface area contributed by atoms with Crippen molar-refractivity contribution < 1.29 is 14.3 Å². The molecule has 0 saturated carbocycles. The van der Waals surface area contributed by atoms with Gasteiger partial charge in [-0.3, -0.25) is 4.79 Å². The van der Waals surface area contributed by atoms with Gasteiger partial charge in [0, 0.05) is 5.69 Å². The number of benzene rings is 1.